The van der Waals surface area contributed by atoms with E-state index < -0.39 is 11.6 Å². The number of carbonyl (C=O) groups is 3. The van der Waals surface area contributed by atoms with Crippen LogP contribution in [0.1, 0.15) is 32.8 Å². The molecule has 0 saturated carbocycles. The molecule has 0 aliphatic carbocycles. The topological polar surface area (TPSA) is 110 Å². The summed E-state index contributed by atoms with van der Waals surface area (Å²) < 4.78 is 0. The Balaban J connectivity index is 1.51. The number of imide groups is 1. The third kappa shape index (κ3) is 2.75. The molecule has 2 bridgehead atoms. The number of hydrogen-bond donors (Lipinski definition) is 1. The number of nitriles is 1. The molecule has 3 aliphatic rings. The summed E-state index contributed by atoms with van der Waals surface area (Å²) >= 11 is 0. The van der Waals surface area contributed by atoms with E-state index in [-0.39, 0.29) is 30.1 Å². The van der Waals surface area contributed by atoms with Crippen molar-refractivity contribution in [2.75, 3.05) is 11.4 Å². The average molecular weight is 418 g/mol. The van der Waals surface area contributed by atoms with E-state index in [0.29, 0.717) is 35.1 Å². The highest BCUT2D eigenvalue weighted by atomic mass is 16.2. The monoisotopic (exact) mass is 418 g/mol. The Bertz CT molecular complexity index is 1180. The van der Waals surface area contributed by atoms with Crippen molar-refractivity contribution in [1.29, 1.82) is 5.26 Å². The zero-order valence-electron chi connectivity index (χ0n) is 17.5. The lowest BCUT2D eigenvalue weighted by molar-refractivity contribution is -0.121. The predicted octanol–water partition coefficient (Wildman–Crippen LogP) is 2.21. The van der Waals surface area contributed by atoms with Gasteiger partial charge in [0.2, 0.25) is 0 Å². The van der Waals surface area contributed by atoms with E-state index in [0.717, 1.165) is 0 Å². The van der Waals surface area contributed by atoms with Crippen LogP contribution in [0.3, 0.4) is 0 Å². The highest BCUT2D eigenvalue weighted by Gasteiger charge is 2.63. The third-order valence-corrected chi connectivity index (χ3v) is 6.12. The van der Waals surface area contributed by atoms with Crippen LogP contribution in [-0.4, -0.2) is 63.0 Å². The molecule has 5 rings (SSSR count). The van der Waals surface area contributed by atoms with E-state index in [1.807, 2.05) is 20.8 Å². The molecular weight excluding hydrogens is 396 g/mol. The molecule has 0 spiro atoms. The van der Waals surface area contributed by atoms with Gasteiger partial charge >= 0.3 is 12.1 Å². The van der Waals surface area contributed by atoms with Gasteiger partial charge in [-0.1, -0.05) is 0 Å². The molecular formula is C22H22N6O3. The zero-order valence-corrected chi connectivity index (χ0v) is 17.5. The highest BCUT2D eigenvalue weighted by molar-refractivity contribution is 6.25. The average Bonchev–Trinajstić information content (AvgIpc) is 3.38. The summed E-state index contributed by atoms with van der Waals surface area (Å²) in [6.07, 6.45) is 2.17. The molecule has 158 valence electrons. The number of benzene rings is 1. The Morgan fingerprint density at radius 2 is 2.03 bits per heavy atom. The number of fused-ring (bicyclic) bond motifs is 6. The summed E-state index contributed by atoms with van der Waals surface area (Å²) in [6, 6.07) is 6.92. The lowest BCUT2D eigenvalue weighted by Gasteiger charge is -2.36. The number of nitrogens with zero attached hydrogens (tertiary/aromatic N) is 5. The number of carbonyl (C=O) groups excluding carboxylic acids is 3. The van der Waals surface area contributed by atoms with Gasteiger partial charge in [0.05, 0.1) is 28.9 Å². The van der Waals surface area contributed by atoms with Gasteiger partial charge in [-0.05, 0) is 51.5 Å². The van der Waals surface area contributed by atoms with Crippen LogP contribution in [0.15, 0.2) is 30.5 Å². The molecule has 2 unspecified atom stereocenters. The smallest absolute Gasteiger partial charge is 0.332 e. The normalized spacial score (nSPS) is 24.7. The summed E-state index contributed by atoms with van der Waals surface area (Å²) in [6.45, 7) is 6.12. The van der Waals surface area contributed by atoms with Crippen LogP contribution in [0.4, 0.5) is 15.3 Å². The Hall–Kier alpha value is -3.67. The summed E-state index contributed by atoms with van der Waals surface area (Å²) in [5, 5.41) is 12.9. The van der Waals surface area contributed by atoms with E-state index in [1.165, 1.54) is 4.90 Å². The van der Waals surface area contributed by atoms with Gasteiger partial charge in [0, 0.05) is 23.7 Å². The fraction of sp³-hybridized carbons (Fsp3) is 0.409. The zero-order chi connectivity index (χ0) is 22.1. The van der Waals surface area contributed by atoms with E-state index in [1.54, 1.807) is 40.3 Å². The summed E-state index contributed by atoms with van der Waals surface area (Å²) in [7, 11) is 0. The van der Waals surface area contributed by atoms with Crippen molar-refractivity contribution in [2.45, 2.75) is 50.9 Å². The number of aromatic nitrogens is 1. The van der Waals surface area contributed by atoms with E-state index in [4.69, 9.17) is 0 Å². The molecule has 0 radical (unpaired) electrons. The summed E-state index contributed by atoms with van der Waals surface area (Å²) in [5.74, 6) is -0.347. The first-order valence-corrected chi connectivity index (χ1v) is 10.2. The van der Waals surface area contributed by atoms with Crippen LogP contribution >= 0.6 is 0 Å². The molecule has 5 amide bonds. The molecule has 9 nitrogen and oxygen atoms in total. The van der Waals surface area contributed by atoms with Crippen LogP contribution in [0.25, 0.3) is 10.9 Å². The summed E-state index contributed by atoms with van der Waals surface area (Å²) in [4.78, 5) is 48.3. The number of anilines is 1. The first-order valence-electron chi connectivity index (χ1n) is 10.2. The SMILES string of the molecule is CC(C)(C)NC(=O)N1C[C@H]2CC1C1C(=O)N(c3ccc(C#N)c4ncccc34)C(=O)N12. The maximum absolute atomic E-state index is 13.5. The lowest BCUT2D eigenvalue weighted by Crippen LogP contribution is -2.59. The number of nitrogens with one attached hydrogen (secondary N) is 1. The quantitative estimate of drug-likeness (QED) is 0.714. The van der Waals surface area contributed by atoms with Crippen LogP contribution in [-0.2, 0) is 4.79 Å². The van der Waals surface area contributed by atoms with Crippen molar-refractivity contribution >= 4 is 34.6 Å². The largest absolute Gasteiger partial charge is 0.333 e. The fourth-order valence-electron chi connectivity index (χ4n) is 4.95. The molecule has 3 aliphatic heterocycles. The molecule has 31 heavy (non-hydrogen) atoms. The van der Waals surface area contributed by atoms with Gasteiger partial charge < -0.3 is 15.1 Å². The molecule has 9 heteroatoms. The summed E-state index contributed by atoms with van der Waals surface area (Å²) in [5.41, 5.74) is 0.846. The first kappa shape index (κ1) is 19.3. The molecule has 3 saturated heterocycles. The Morgan fingerprint density at radius 3 is 2.74 bits per heavy atom. The number of rotatable bonds is 1. The number of piperazine rings is 1. The Morgan fingerprint density at radius 1 is 1.26 bits per heavy atom. The van der Waals surface area contributed by atoms with E-state index in [2.05, 4.69) is 16.4 Å². The molecule has 4 heterocycles. The van der Waals surface area contributed by atoms with Crippen LogP contribution in [0.2, 0.25) is 0 Å². The van der Waals surface area contributed by atoms with Crippen molar-refractivity contribution in [2.24, 2.45) is 0 Å². The van der Waals surface area contributed by atoms with Crippen LogP contribution in [0.5, 0.6) is 0 Å². The van der Waals surface area contributed by atoms with Crippen molar-refractivity contribution < 1.29 is 14.4 Å². The lowest BCUT2D eigenvalue weighted by atomic mass is 10.1. The Labute approximate surface area is 179 Å². The van der Waals surface area contributed by atoms with Crippen molar-refractivity contribution in [3.63, 3.8) is 0 Å². The molecule has 1 N–H and O–H groups in total. The van der Waals surface area contributed by atoms with Crippen molar-refractivity contribution in [1.82, 2.24) is 20.1 Å². The number of pyridine rings is 1. The maximum Gasteiger partial charge on any atom is 0.332 e. The van der Waals surface area contributed by atoms with Gasteiger partial charge in [0.15, 0.2) is 0 Å². The molecule has 2 aromatic rings. The minimum atomic E-state index is -0.695. The van der Waals surface area contributed by atoms with Crippen LogP contribution in [0, 0.1) is 11.3 Å². The fourth-order valence-corrected chi connectivity index (χ4v) is 4.95. The first-order chi connectivity index (χ1) is 14.7. The second kappa shape index (κ2) is 6.41. The second-order valence-electron chi connectivity index (χ2n) is 9.24. The van der Waals surface area contributed by atoms with Gasteiger partial charge in [-0.3, -0.25) is 9.78 Å². The van der Waals surface area contributed by atoms with Gasteiger partial charge in [-0.25, -0.2) is 14.5 Å². The molecule has 3 atom stereocenters. The van der Waals surface area contributed by atoms with Gasteiger partial charge in [0.1, 0.15) is 12.1 Å². The van der Waals surface area contributed by atoms with Crippen molar-refractivity contribution in [3.05, 3.63) is 36.0 Å². The standard InChI is InChI=1S/C22H22N6O3/c1-22(2,3)25-20(30)26-11-13-9-16(26)18-19(29)28(21(31)27(13)18)15-7-6-12(10-23)17-14(15)5-4-8-24-17/h4-8,13,16,18H,9,11H2,1-3H3,(H,25,30)/t13-,16?,18?/m1/s1. The number of likely N-dealkylation sites (tertiary alicyclic amines) is 1. The molecule has 3 fully saturated rings. The van der Waals surface area contributed by atoms with Crippen LogP contribution < -0.4 is 10.2 Å². The number of hydrogen-bond acceptors (Lipinski definition) is 5. The molecule has 1 aromatic carbocycles. The maximum atomic E-state index is 13.5. The van der Waals surface area contributed by atoms with E-state index in [9.17, 15) is 19.6 Å². The van der Waals surface area contributed by atoms with E-state index >= 15 is 0 Å². The van der Waals surface area contributed by atoms with Gasteiger partial charge in [-0.2, -0.15) is 5.26 Å². The second-order valence-corrected chi connectivity index (χ2v) is 9.24. The third-order valence-electron chi connectivity index (χ3n) is 6.12. The number of amides is 5. The minimum Gasteiger partial charge on any atom is -0.333 e. The Kier molecular flexibility index (Phi) is 3.99. The van der Waals surface area contributed by atoms with Crippen molar-refractivity contribution in [3.8, 4) is 6.07 Å². The van der Waals surface area contributed by atoms with Gasteiger partial charge in [-0.15, -0.1) is 0 Å². The molecule has 1 aromatic heterocycles. The number of urea groups is 2. The minimum absolute atomic E-state index is 0.190. The predicted molar refractivity (Wildman–Crippen MR) is 112 cm³/mol. The highest BCUT2D eigenvalue weighted by Crippen LogP contribution is 2.43. The van der Waals surface area contributed by atoms with Gasteiger partial charge in [0.25, 0.3) is 5.91 Å².